The highest BCUT2D eigenvalue weighted by Crippen LogP contribution is 2.25. The fourth-order valence-electron chi connectivity index (χ4n) is 2.11. The quantitative estimate of drug-likeness (QED) is 0.392. The second-order valence-electron chi connectivity index (χ2n) is 4.98. The monoisotopic (exact) mass is 294 g/mol. The average molecular weight is 294 g/mol. The van der Waals surface area contributed by atoms with Gasteiger partial charge in [-0.3, -0.25) is 0 Å². The standard InChI is InChI=1S/C13H26O5S/c1-2-3-4-5-6-7-17-13-11(16)12(19)10(15)9(8-14)18-13/h9-16,19H,2-8H2,1H3/t9-,10-,11-,12-,13+/m0/s1. The van der Waals surface area contributed by atoms with Crippen LogP contribution in [-0.4, -0.2) is 58.4 Å². The summed E-state index contributed by atoms with van der Waals surface area (Å²) in [6, 6.07) is 0. The summed E-state index contributed by atoms with van der Waals surface area (Å²) in [7, 11) is 0. The number of hydrogen-bond donors (Lipinski definition) is 4. The zero-order valence-electron chi connectivity index (χ0n) is 11.4. The van der Waals surface area contributed by atoms with Crippen molar-refractivity contribution in [1.29, 1.82) is 0 Å². The highest BCUT2D eigenvalue weighted by atomic mass is 32.1. The Balaban J connectivity index is 2.28. The molecule has 1 aliphatic rings. The van der Waals surface area contributed by atoms with Crippen LogP contribution in [0.4, 0.5) is 0 Å². The van der Waals surface area contributed by atoms with Crippen molar-refractivity contribution >= 4 is 12.6 Å². The Morgan fingerprint density at radius 2 is 1.79 bits per heavy atom. The molecule has 5 nitrogen and oxygen atoms in total. The number of hydrogen-bond acceptors (Lipinski definition) is 6. The Hall–Kier alpha value is 0.150. The number of unbranched alkanes of at least 4 members (excludes halogenated alkanes) is 4. The van der Waals surface area contributed by atoms with Crippen molar-refractivity contribution in [1.82, 2.24) is 0 Å². The van der Waals surface area contributed by atoms with Crippen LogP contribution in [-0.2, 0) is 9.47 Å². The summed E-state index contributed by atoms with van der Waals surface area (Å²) in [5.74, 6) is 0. The van der Waals surface area contributed by atoms with E-state index in [2.05, 4.69) is 19.6 Å². The van der Waals surface area contributed by atoms with Crippen molar-refractivity contribution in [2.45, 2.75) is 68.9 Å². The van der Waals surface area contributed by atoms with Gasteiger partial charge in [0, 0.05) is 6.61 Å². The van der Waals surface area contributed by atoms with Crippen molar-refractivity contribution < 1.29 is 24.8 Å². The van der Waals surface area contributed by atoms with Crippen LogP contribution in [0.2, 0.25) is 0 Å². The first-order chi connectivity index (χ1) is 9.11. The lowest BCUT2D eigenvalue weighted by Crippen LogP contribution is -2.57. The maximum Gasteiger partial charge on any atom is 0.185 e. The summed E-state index contributed by atoms with van der Waals surface area (Å²) in [6.07, 6.45) is 2.04. The van der Waals surface area contributed by atoms with Gasteiger partial charge in [-0.1, -0.05) is 32.6 Å². The molecule has 0 unspecified atom stereocenters. The van der Waals surface area contributed by atoms with Crippen molar-refractivity contribution in [2.75, 3.05) is 13.2 Å². The minimum Gasteiger partial charge on any atom is -0.394 e. The first kappa shape index (κ1) is 17.2. The molecule has 0 amide bonds. The van der Waals surface area contributed by atoms with Crippen LogP contribution in [0.25, 0.3) is 0 Å². The van der Waals surface area contributed by atoms with Crippen LogP contribution in [0.1, 0.15) is 39.0 Å². The summed E-state index contributed by atoms with van der Waals surface area (Å²) in [5, 5.41) is 28.0. The van der Waals surface area contributed by atoms with Crippen LogP contribution in [0.15, 0.2) is 0 Å². The fraction of sp³-hybridized carbons (Fsp3) is 1.00. The number of thiol groups is 1. The van der Waals surface area contributed by atoms with E-state index in [-0.39, 0.29) is 6.61 Å². The van der Waals surface area contributed by atoms with Gasteiger partial charge in [0.05, 0.1) is 18.0 Å². The second kappa shape index (κ2) is 9.15. The Morgan fingerprint density at radius 1 is 1.11 bits per heavy atom. The third-order valence-corrected chi connectivity index (χ3v) is 3.99. The van der Waals surface area contributed by atoms with E-state index in [1.807, 2.05) is 0 Å². The van der Waals surface area contributed by atoms with Gasteiger partial charge in [-0.2, -0.15) is 12.6 Å². The van der Waals surface area contributed by atoms with Gasteiger partial charge in [0.2, 0.25) is 0 Å². The predicted molar refractivity (Wildman–Crippen MR) is 75.2 cm³/mol. The summed E-state index contributed by atoms with van der Waals surface area (Å²) >= 11 is 4.14. The number of aliphatic hydroxyl groups is 3. The van der Waals surface area contributed by atoms with Crippen LogP contribution < -0.4 is 0 Å². The molecule has 1 aliphatic heterocycles. The molecule has 0 bridgehead atoms. The van der Waals surface area contributed by atoms with Gasteiger partial charge >= 0.3 is 0 Å². The lowest BCUT2D eigenvalue weighted by molar-refractivity contribution is -0.267. The van der Waals surface area contributed by atoms with E-state index in [0.29, 0.717) is 6.61 Å². The number of aliphatic hydroxyl groups excluding tert-OH is 3. The summed E-state index contributed by atoms with van der Waals surface area (Å²) in [6.45, 7) is 2.34. The molecule has 19 heavy (non-hydrogen) atoms. The Bertz CT molecular complexity index is 239. The van der Waals surface area contributed by atoms with E-state index in [0.717, 1.165) is 12.8 Å². The molecular weight excluding hydrogens is 268 g/mol. The molecule has 0 saturated carbocycles. The number of rotatable bonds is 8. The fourth-order valence-corrected chi connectivity index (χ4v) is 2.44. The molecule has 6 heteroatoms. The first-order valence-corrected chi connectivity index (χ1v) is 7.55. The Morgan fingerprint density at radius 3 is 2.42 bits per heavy atom. The Labute approximate surface area is 120 Å². The third-order valence-electron chi connectivity index (χ3n) is 3.38. The van der Waals surface area contributed by atoms with Crippen LogP contribution >= 0.6 is 12.6 Å². The van der Waals surface area contributed by atoms with E-state index in [1.54, 1.807) is 0 Å². The van der Waals surface area contributed by atoms with E-state index < -0.39 is 29.9 Å². The van der Waals surface area contributed by atoms with Crippen molar-refractivity contribution in [3.8, 4) is 0 Å². The van der Waals surface area contributed by atoms with Gasteiger partial charge in [0.15, 0.2) is 6.29 Å². The van der Waals surface area contributed by atoms with E-state index >= 15 is 0 Å². The highest BCUT2D eigenvalue weighted by molar-refractivity contribution is 7.81. The molecule has 1 saturated heterocycles. The molecule has 0 spiro atoms. The van der Waals surface area contributed by atoms with Crippen LogP contribution in [0, 0.1) is 0 Å². The smallest absolute Gasteiger partial charge is 0.185 e. The molecule has 3 N–H and O–H groups in total. The van der Waals surface area contributed by atoms with Gasteiger partial charge in [-0.25, -0.2) is 0 Å². The lowest BCUT2D eigenvalue weighted by Gasteiger charge is -2.40. The van der Waals surface area contributed by atoms with Crippen molar-refractivity contribution in [3.05, 3.63) is 0 Å². The first-order valence-electron chi connectivity index (χ1n) is 7.04. The summed E-state index contributed by atoms with van der Waals surface area (Å²) in [5.41, 5.74) is 0. The maximum absolute atomic E-state index is 9.89. The Kier molecular flexibility index (Phi) is 8.29. The van der Waals surface area contributed by atoms with E-state index in [9.17, 15) is 10.2 Å². The third kappa shape index (κ3) is 5.21. The van der Waals surface area contributed by atoms with Gasteiger partial charge in [0.25, 0.3) is 0 Å². The topological polar surface area (TPSA) is 79.2 Å². The minimum atomic E-state index is -0.993. The lowest BCUT2D eigenvalue weighted by atomic mass is 10.0. The van der Waals surface area contributed by atoms with E-state index in [4.69, 9.17) is 14.6 Å². The second-order valence-corrected chi connectivity index (χ2v) is 5.58. The summed E-state index contributed by atoms with van der Waals surface area (Å²) in [4.78, 5) is 0. The molecule has 0 aliphatic carbocycles. The molecule has 5 atom stereocenters. The van der Waals surface area contributed by atoms with E-state index in [1.165, 1.54) is 19.3 Å². The average Bonchev–Trinajstić information content (AvgIpc) is 2.42. The van der Waals surface area contributed by atoms with Gasteiger partial charge < -0.3 is 24.8 Å². The minimum absolute atomic E-state index is 0.318. The highest BCUT2D eigenvalue weighted by Gasteiger charge is 2.42. The predicted octanol–water partition coefficient (Wildman–Crippen LogP) is 0.711. The molecule has 114 valence electrons. The summed E-state index contributed by atoms with van der Waals surface area (Å²) < 4.78 is 10.8. The molecule has 0 aromatic rings. The normalized spacial score (nSPS) is 35.5. The molecule has 1 fully saturated rings. The maximum atomic E-state index is 9.89. The van der Waals surface area contributed by atoms with Crippen molar-refractivity contribution in [2.24, 2.45) is 0 Å². The molecular formula is C13H26O5S. The largest absolute Gasteiger partial charge is 0.394 e. The molecule has 1 heterocycles. The van der Waals surface area contributed by atoms with Gasteiger partial charge in [0.1, 0.15) is 12.2 Å². The number of ether oxygens (including phenoxy) is 2. The molecule has 0 radical (unpaired) electrons. The molecule has 0 aromatic carbocycles. The van der Waals surface area contributed by atoms with Crippen LogP contribution in [0.5, 0.6) is 0 Å². The zero-order valence-corrected chi connectivity index (χ0v) is 12.3. The molecule has 1 rings (SSSR count). The SMILES string of the molecule is CCCCCCCO[C@@H]1O[C@@H](CO)[C@H](O)[C@H](S)[C@@H]1O. The van der Waals surface area contributed by atoms with Crippen LogP contribution in [0.3, 0.4) is 0 Å². The van der Waals surface area contributed by atoms with Crippen molar-refractivity contribution in [3.63, 3.8) is 0 Å². The van der Waals surface area contributed by atoms with Gasteiger partial charge in [-0.05, 0) is 6.42 Å². The van der Waals surface area contributed by atoms with Gasteiger partial charge in [-0.15, -0.1) is 0 Å². The molecule has 0 aromatic heterocycles. The zero-order chi connectivity index (χ0) is 14.3.